The van der Waals surface area contributed by atoms with Crippen molar-refractivity contribution in [3.63, 3.8) is 0 Å². The van der Waals surface area contributed by atoms with Crippen molar-refractivity contribution in [2.45, 2.75) is 13.5 Å². The van der Waals surface area contributed by atoms with Gasteiger partial charge in [-0.2, -0.15) is 5.10 Å². The summed E-state index contributed by atoms with van der Waals surface area (Å²) in [5.74, 6) is 0.759. The fourth-order valence-electron chi connectivity index (χ4n) is 4.67. The molecule has 0 radical (unpaired) electrons. The van der Waals surface area contributed by atoms with Crippen molar-refractivity contribution >= 4 is 21.9 Å². The first-order valence-electron chi connectivity index (χ1n) is 11.5. The molecule has 4 heterocycles. The van der Waals surface area contributed by atoms with Crippen molar-refractivity contribution in [2.24, 2.45) is 0 Å². The zero-order valence-electron chi connectivity index (χ0n) is 19.9. The number of hydrogen-bond donors (Lipinski definition) is 2. The smallest absolute Gasteiger partial charge is 0.159 e. The molecule has 6 rings (SSSR count). The first kappa shape index (κ1) is 21.2. The highest BCUT2D eigenvalue weighted by Crippen LogP contribution is 2.34. The Bertz CT molecular complexity index is 1660. The fourth-order valence-corrected chi connectivity index (χ4v) is 4.67. The maximum absolute atomic E-state index is 4.95. The van der Waals surface area contributed by atoms with Gasteiger partial charge in [0.25, 0.3) is 0 Å². The molecule has 2 aromatic carbocycles. The van der Waals surface area contributed by atoms with Crippen LogP contribution in [0.4, 0.5) is 0 Å². The Balaban J connectivity index is 1.46. The Morgan fingerprint density at radius 3 is 2.46 bits per heavy atom. The highest BCUT2D eigenvalue weighted by molar-refractivity contribution is 5.96. The zero-order chi connectivity index (χ0) is 23.9. The number of fused-ring (bicyclic) bond motifs is 2. The van der Waals surface area contributed by atoms with E-state index in [1.807, 2.05) is 36.9 Å². The van der Waals surface area contributed by atoms with Gasteiger partial charge in [-0.3, -0.25) is 15.1 Å². The molecule has 0 fully saturated rings. The van der Waals surface area contributed by atoms with E-state index >= 15 is 0 Å². The summed E-state index contributed by atoms with van der Waals surface area (Å²) in [6.07, 6.45) is 7.45. The summed E-state index contributed by atoms with van der Waals surface area (Å²) in [6, 6.07) is 16.6. The van der Waals surface area contributed by atoms with E-state index in [-0.39, 0.29) is 0 Å². The Morgan fingerprint density at radius 1 is 0.857 bits per heavy atom. The Labute approximate surface area is 202 Å². The molecule has 0 bridgehead atoms. The normalized spacial score (nSPS) is 11.7. The van der Waals surface area contributed by atoms with E-state index in [1.54, 1.807) is 0 Å². The van der Waals surface area contributed by atoms with Gasteiger partial charge in [0.1, 0.15) is 5.69 Å². The second kappa shape index (κ2) is 8.45. The minimum absolute atomic E-state index is 0.759. The second-order valence-corrected chi connectivity index (χ2v) is 9.06. The molecule has 0 saturated heterocycles. The topological polar surface area (TPSA) is 86.4 Å². The predicted molar refractivity (Wildman–Crippen MR) is 140 cm³/mol. The van der Waals surface area contributed by atoms with Crippen molar-refractivity contribution in [3.8, 4) is 33.8 Å². The average Bonchev–Trinajstić information content (AvgIpc) is 3.48. The molecule has 0 aliphatic carbocycles. The number of H-pyrrole nitrogens is 2. The molecular weight excluding hydrogens is 434 g/mol. The first-order valence-corrected chi connectivity index (χ1v) is 11.5. The number of rotatable bonds is 5. The molecule has 4 aromatic heterocycles. The van der Waals surface area contributed by atoms with Crippen molar-refractivity contribution in [2.75, 3.05) is 14.1 Å². The molecule has 2 N–H and O–H groups in total. The minimum atomic E-state index is 0.759. The summed E-state index contributed by atoms with van der Waals surface area (Å²) in [5, 5.41) is 8.81. The van der Waals surface area contributed by atoms with E-state index in [4.69, 9.17) is 4.98 Å². The molecule has 7 heteroatoms. The number of aromatic amines is 2. The summed E-state index contributed by atoms with van der Waals surface area (Å²) in [7, 11) is 4.13. The van der Waals surface area contributed by atoms with Crippen LogP contribution in [0.2, 0.25) is 0 Å². The summed E-state index contributed by atoms with van der Waals surface area (Å²) < 4.78 is 0. The lowest BCUT2D eigenvalue weighted by Gasteiger charge is -2.11. The number of aromatic nitrogens is 6. The summed E-state index contributed by atoms with van der Waals surface area (Å²) in [4.78, 5) is 19.3. The molecule has 172 valence electrons. The van der Waals surface area contributed by atoms with Gasteiger partial charge in [0.15, 0.2) is 5.82 Å². The third-order valence-corrected chi connectivity index (χ3v) is 6.39. The third-order valence-electron chi connectivity index (χ3n) is 6.39. The molecule has 35 heavy (non-hydrogen) atoms. The maximum atomic E-state index is 4.95. The van der Waals surface area contributed by atoms with E-state index in [0.29, 0.717) is 0 Å². The third kappa shape index (κ3) is 3.76. The Hall–Kier alpha value is -4.36. The number of nitrogens with one attached hydrogen (secondary N) is 2. The van der Waals surface area contributed by atoms with Gasteiger partial charge in [0.2, 0.25) is 0 Å². The first-order chi connectivity index (χ1) is 17.1. The number of nitrogens with zero attached hydrogens (tertiary/aromatic N) is 5. The second-order valence-electron chi connectivity index (χ2n) is 9.06. The molecule has 0 spiro atoms. The molecule has 0 unspecified atom stereocenters. The van der Waals surface area contributed by atoms with E-state index < -0.39 is 0 Å². The van der Waals surface area contributed by atoms with Crippen LogP contribution in [0.1, 0.15) is 11.1 Å². The van der Waals surface area contributed by atoms with E-state index in [9.17, 15) is 0 Å². The quantitative estimate of drug-likeness (QED) is 0.350. The van der Waals surface area contributed by atoms with Crippen molar-refractivity contribution in [3.05, 3.63) is 84.4 Å². The van der Waals surface area contributed by atoms with Crippen molar-refractivity contribution in [1.82, 2.24) is 35.0 Å². The van der Waals surface area contributed by atoms with Crippen LogP contribution in [0.15, 0.2) is 73.3 Å². The van der Waals surface area contributed by atoms with Crippen LogP contribution in [0, 0.1) is 6.92 Å². The Kier molecular flexibility index (Phi) is 5.12. The van der Waals surface area contributed by atoms with Crippen LogP contribution in [0.5, 0.6) is 0 Å². The molecule has 7 nitrogen and oxygen atoms in total. The molecule has 0 atom stereocenters. The maximum Gasteiger partial charge on any atom is 0.159 e. The summed E-state index contributed by atoms with van der Waals surface area (Å²) in [5.41, 5.74) is 10.5. The van der Waals surface area contributed by atoms with Gasteiger partial charge < -0.3 is 9.88 Å². The predicted octanol–water partition coefficient (Wildman–Crippen LogP) is 5.60. The molecule has 0 aliphatic heterocycles. The largest absolute Gasteiger partial charge is 0.337 e. The number of para-hydroxylation sites is 1. The zero-order valence-corrected chi connectivity index (χ0v) is 19.9. The monoisotopic (exact) mass is 459 g/mol. The Morgan fingerprint density at radius 2 is 1.66 bits per heavy atom. The molecule has 0 aliphatic rings. The summed E-state index contributed by atoms with van der Waals surface area (Å²) >= 11 is 0. The lowest BCUT2D eigenvalue weighted by molar-refractivity contribution is 0.404. The van der Waals surface area contributed by atoms with Crippen LogP contribution in [0.25, 0.3) is 55.7 Å². The van der Waals surface area contributed by atoms with Crippen LogP contribution < -0.4 is 0 Å². The van der Waals surface area contributed by atoms with Gasteiger partial charge in [-0.15, -0.1) is 0 Å². The summed E-state index contributed by atoms with van der Waals surface area (Å²) in [6.45, 7) is 2.96. The number of benzene rings is 2. The number of hydrogen-bond acceptors (Lipinski definition) is 5. The van der Waals surface area contributed by atoms with Crippen LogP contribution in [-0.2, 0) is 6.54 Å². The van der Waals surface area contributed by atoms with Crippen LogP contribution >= 0.6 is 0 Å². The standard InChI is InChI=1S/C28H25N7/c1-17-22(18-9-11-29-12-10-18)14-30-15-23(17)19-7-8-24-21(13-19)27(34-33-24)28-31-25-6-4-5-20(16-35(2)3)26(25)32-28/h4-15H,16H2,1-3H3,(H,31,32)(H,33,34). The molecule has 0 saturated carbocycles. The van der Waals surface area contributed by atoms with Crippen LogP contribution in [-0.4, -0.2) is 49.1 Å². The van der Waals surface area contributed by atoms with Gasteiger partial charge in [-0.1, -0.05) is 18.2 Å². The van der Waals surface area contributed by atoms with Gasteiger partial charge in [0.05, 0.1) is 16.6 Å². The average molecular weight is 460 g/mol. The van der Waals surface area contributed by atoms with Gasteiger partial charge >= 0.3 is 0 Å². The lowest BCUT2D eigenvalue weighted by atomic mass is 9.95. The highest BCUT2D eigenvalue weighted by atomic mass is 15.1. The molecule has 0 amide bonds. The van der Waals surface area contributed by atoms with Crippen molar-refractivity contribution in [1.29, 1.82) is 0 Å². The lowest BCUT2D eigenvalue weighted by Crippen LogP contribution is -2.10. The fraction of sp³-hybridized carbons (Fsp3) is 0.143. The van der Waals surface area contributed by atoms with E-state index in [0.717, 1.165) is 62.3 Å². The number of pyridine rings is 2. The molecular formula is C28H25N7. The molecule has 6 aromatic rings. The number of imidazole rings is 1. The van der Waals surface area contributed by atoms with Crippen LogP contribution in [0.3, 0.4) is 0 Å². The minimum Gasteiger partial charge on any atom is -0.337 e. The van der Waals surface area contributed by atoms with Gasteiger partial charge in [-0.05, 0) is 73.6 Å². The SMILES string of the molecule is Cc1c(-c2ccncc2)cncc1-c1ccc2[nH]nc(-c3nc4c(CN(C)C)cccc4[nH]3)c2c1. The van der Waals surface area contributed by atoms with E-state index in [2.05, 4.69) is 87.5 Å². The highest BCUT2D eigenvalue weighted by Gasteiger charge is 2.16. The van der Waals surface area contributed by atoms with E-state index in [1.165, 1.54) is 11.1 Å². The van der Waals surface area contributed by atoms with Gasteiger partial charge in [-0.25, -0.2) is 4.98 Å². The van der Waals surface area contributed by atoms with Crippen molar-refractivity contribution < 1.29 is 0 Å². The van der Waals surface area contributed by atoms with Gasteiger partial charge in [0, 0.05) is 47.8 Å².